The summed E-state index contributed by atoms with van der Waals surface area (Å²) in [7, 11) is -0.643. The van der Waals surface area contributed by atoms with Crippen LogP contribution in [0, 0.1) is 0 Å². The maximum absolute atomic E-state index is 12.3. The molecule has 0 atom stereocenters. The molecule has 0 saturated heterocycles. The first-order chi connectivity index (χ1) is 11.7. The summed E-state index contributed by atoms with van der Waals surface area (Å²) >= 11 is 5.80. The van der Waals surface area contributed by atoms with Gasteiger partial charge >= 0.3 is 16.3 Å². The van der Waals surface area contributed by atoms with E-state index in [2.05, 4.69) is 9.84 Å². The molecule has 9 nitrogen and oxygen atoms in total. The number of hydrogen-bond acceptors (Lipinski definition) is 7. The second-order valence-electron chi connectivity index (χ2n) is 4.90. The number of rotatable bonds is 5. The molecule has 0 unspecified atom stereocenters. The van der Waals surface area contributed by atoms with Crippen LogP contribution in [0.5, 0.6) is 5.75 Å². The number of hydrogen-bond donors (Lipinski definition) is 0. The smallest absolute Gasteiger partial charge is 0.384 e. The van der Waals surface area contributed by atoms with Crippen LogP contribution < -0.4 is 9.74 Å². The molecule has 2 rings (SSSR count). The highest BCUT2D eigenvalue weighted by Crippen LogP contribution is 2.19. The van der Waals surface area contributed by atoms with Crippen molar-refractivity contribution in [2.45, 2.75) is 0 Å². The summed E-state index contributed by atoms with van der Waals surface area (Å²) < 4.78 is 34.8. The molecule has 1 aromatic heterocycles. The lowest BCUT2D eigenvalue weighted by molar-refractivity contribution is 0.0589. The summed E-state index contributed by atoms with van der Waals surface area (Å²) in [6.07, 6.45) is 0. The SMILES string of the molecule is COC(=O)c1nn(-c2ccc(Cl)cc2)c(=O)cc1OS(=O)(=O)N(C)C. The number of halogens is 1. The molecule has 1 aromatic carbocycles. The fraction of sp³-hybridized carbons (Fsp3) is 0.214. The number of benzene rings is 1. The van der Waals surface area contributed by atoms with Crippen LogP contribution >= 0.6 is 11.6 Å². The number of aromatic nitrogens is 2. The average molecular weight is 388 g/mol. The van der Waals surface area contributed by atoms with Gasteiger partial charge in [-0.1, -0.05) is 11.6 Å². The fourth-order valence-electron chi connectivity index (χ4n) is 1.70. The van der Waals surface area contributed by atoms with Gasteiger partial charge in [-0.2, -0.15) is 22.5 Å². The summed E-state index contributed by atoms with van der Waals surface area (Å²) in [4.78, 5) is 24.2. The molecule has 134 valence electrons. The van der Waals surface area contributed by atoms with Gasteiger partial charge in [0.2, 0.25) is 5.69 Å². The van der Waals surface area contributed by atoms with Crippen molar-refractivity contribution in [2.75, 3.05) is 21.2 Å². The van der Waals surface area contributed by atoms with Crippen molar-refractivity contribution in [1.29, 1.82) is 0 Å². The molecule has 11 heteroatoms. The molecule has 0 spiro atoms. The lowest BCUT2D eigenvalue weighted by Gasteiger charge is -2.14. The van der Waals surface area contributed by atoms with E-state index in [9.17, 15) is 18.0 Å². The first kappa shape index (κ1) is 18.9. The van der Waals surface area contributed by atoms with Crippen LogP contribution in [0.2, 0.25) is 5.02 Å². The Morgan fingerprint density at radius 2 is 1.84 bits per heavy atom. The van der Waals surface area contributed by atoms with Gasteiger partial charge in [-0.05, 0) is 24.3 Å². The first-order valence-electron chi connectivity index (χ1n) is 6.76. The molecule has 0 bridgehead atoms. The molecule has 0 saturated carbocycles. The molecule has 25 heavy (non-hydrogen) atoms. The standard InChI is InChI=1S/C14H14ClN3O6S/c1-17(2)25(21,22)24-11-8-12(19)18(16-13(11)14(20)23-3)10-6-4-9(15)5-7-10/h4-8H,1-3H3. The Labute approximate surface area is 148 Å². The second kappa shape index (κ2) is 7.21. The summed E-state index contributed by atoms with van der Waals surface area (Å²) in [5, 5.41) is 4.31. The van der Waals surface area contributed by atoms with Gasteiger partial charge in [-0.3, -0.25) is 4.79 Å². The monoisotopic (exact) mass is 387 g/mol. The number of carbonyl (C=O) groups is 1. The minimum Gasteiger partial charge on any atom is -0.464 e. The van der Waals surface area contributed by atoms with E-state index in [0.29, 0.717) is 10.7 Å². The van der Waals surface area contributed by atoms with Crippen LogP contribution in [0.25, 0.3) is 5.69 Å². The van der Waals surface area contributed by atoms with Gasteiger partial charge < -0.3 is 8.92 Å². The van der Waals surface area contributed by atoms with E-state index < -0.39 is 33.3 Å². The van der Waals surface area contributed by atoms with E-state index in [0.717, 1.165) is 22.2 Å². The summed E-state index contributed by atoms with van der Waals surface area (Å²) in [6, 6.07) is 6.92. The van der Waals surface area contributed by atoms with Crippen molar-refractivity contribution in [1.82, 2.24) is 14.1 Å². The third kappa shape index (κ3) is 4.16. The maximum Gasteiger partial charge on any atom is 0.384 e. The zero-order chi connectivity index (χ0) is 18.8. The molecular weight excluding hydrogens is 374 g/mol. The minimum atomic E-state index is -4.20. The molecule has 0 aliphatic heterocycles. The molecular formula is C14H14ClN3O6S. The van der Waals surface area contributed by atoms with Gasteiger partial charge in [0.15, 0.2) is 5.75 Å². The largest absolute Gasteiger partial charge is 0.464 e. The second-order valence-corrected chi connectivity index (χ2v) is 7.09. The van der Waals surface area contributed by atoms with Crippen molar-refractivity contribution in [2.24, 2.45) is 0 Å². The average Bonchev–Trinajstić information content (AvgIpc) is 2.55. The highest BCUT2D eigenvalue weighted by atomic mass is 35.5. The Morgan fingerprint density at radius 3 is 2.36 bits per heavy atom. The lowest BCUT2D eigenvalue weighted by atomic mass is 10.3. The van der Waals surface area contributed by atoms with E-state index in [-0.39, 0.29) is 0 Å². The zero-order valence-corrected chi connectivity index (χ0v) is 15.0. The van der Waals surface area contributed by atoms with E-state index in [1.54, 1.807) is 0 Å². The maximum atomic E-state index is 12.3. The molecule has 1 heterocycles. The molecule has 2 aromatic rings. The van der Waals surface area contributed by atoms with Gasteiger partial charge in [0, 0.05) is 19.1 Å². The topological polar surface area (TPSA) is 108 Å². The van der Waals surface area contributed by atoms with Crippen LogP contribution in [0.1, 0.15) is 10.5 Å². The number of esters is 1. The molecule has 0 amide bonds. The third-order valence-electron chi connectivity index (χ3n) is 2.99. The Balaban J connectivity index is 2.63. The predicted octanol–water partition coefficient (Wildman–Crippen LogP) is 0.858. The van der Waals surface area contributed by atoms with E-state index in [4.69, 9.17) is 15.8 Å². The molecule has 0 fully saturated rings. The Bertz CT molecular complexity index is 954. The van der Waals surface area contributed by atoms with E-state index in [1.807, 2.05) is 0 Å². The number of ether oxygens (including phenoxy) is 1. The van der Waals surface area contributed by atoms with Crippen molar-refractivity contribution < 1.29 is 22.1 Å². The van der Waals surface area contributed by atoms with E-state index >= 15 is 0 Å². The van der Waals surface area contributed by atoms with Crippen molar-refractivity contribution in [3.05, 3.63) is 51.4 Å². The number of methoxy groups -OCH3 is 1. The highest BCUT2D eigenvalue weighted by molar-refractivity contribution is 7.84. The van der Waals surface area contributed by atoms with Gasteiger partial charge in [0.25, 0.3) is 5.56 Å². The Morgan fingerprint density at radius 1 is 1.24 bits per heavy atom. The van der Waals surface area contributed by atoms with Crippen LogP contribution in [0.4, 0.5) is 0 Å². The fourth-order valence-corrected chi connectivity index (χ4v) is 2.33. The van der Waals surface area contributed by atoms with Crippen LogP contribution in [-0.4, -0.2) is 49.7 Å². The van der Waals surface area contributed by atoms with E-state index in [1.165, 1.54) is 38.4 Å². The number of carbonyl (C=O) groups excluding carboxylic acids is 1. The lowest BCUT2D eigenvalue weighted by Crippen LogP contribution is -2.30. The molecule has 0 aliphatic rings. The van der Waals surface area contributed by atoms with Gasteiger partial charge in [-0.25, -0.2) is 4.79 Å². The third-order valence-corrected chi connectivity index (χ3v) is 4.53. The minimum absolute atomic E-state index is 0.321. The van der Waals surface area contributed by atoms with Gasteiger partial charge in [-0.15, -0.1) is 0 Å². The summed E-state index contributed by atoms with van der Waals surface area (Å²) in [5.74, 6) is -1.50. The summed E-state index contributed by atoms with van der Waals surface area (Å²) in [6.45, 7) is 0. The number of nitrogens with zero attached hydrogens (tertiary/aromatic N) is 3. The quantitative estimate of drug-likeness (QED) is 0.700. The normalized spacial score (nSPS) is 11.4. The van der Waals surface area contributed by atoms with Gasteiger partial charge in [0.1, 0.15) is 0 Å². The Hall–Kier alpha value is -2.43. The zero-order valence-electron chi connectivity index (χ0n) is 13.5. The van der Waals surface area contributed by atoms with Crippen molar-refractivity contribution >= 4 is 27.9 Å². The van der Waals surface area contributed by atoms with Crippen LogP contribution in [0.15, 0.2) is 35.1 Å². The summed E-state index contributed by atoms with van der Waals surface area (Å²) in [5.41, 5.74) is -0.858. The molecule has 0 radical (unpaired) electrons. The Kier molecular flexibility index (Phi) is 5.45. The van der Waals surface area contributed by atoms with Gasteiger partial charge in [0.05, 0.1) is 18.9 Å². The van der Waals surface area contributed by atoms with Crippen molar-refractivity contribution in [3.8, 4) is 11.4 Å². The van der Waals surface area contributed by atoms with Crippen molar-refractivity contribution in [3.63, 3.8) is 0 Å². The highest BCUT2D eigenvalue weighted by Gasteiger charge is 2.25. The predicted molar refractivity (Wildman–Crippen MR) is 89.4 cm³/mol. The molecule has 0 N–H and O–H groups in total. The first-order valence-corrected chi connectivity index (χ1v) is 8.50. The molecule has 0 aliphatic carbocycles. The van der Waals surface area contributed by atoms with Crippen LogP contribution in [-0.2, 0) is 15.0 Å². The van der Waals surface area contributed by atoms with Crippen LogP contribution in [0.3, 0.4) is 0 Å².